The van der Waals surface area contributed by atoms with Crippen molar-refractivity contribution < 1.29 is 4.74 Å². The molecule has 0 aromatic heterocycles. The van der Waals surface area contributed by atoms with Crippen LogP contribution in [0.5, 0.6) is 5.75 Å². The molecule has 0 fully saturated rings. The highest BCUT2D eigenvalue weighted by molar-refractivity contribution is 6.32. The summed E-state index contributed by atoms with van der Waals surface area (Å²) in [4.78, 5) is 0. The minimum absolute atomic E-state index is 0.325. The third kappa shape index (κ3) is 2.50. The van der Waals surface area contributed by atoms with Crippen LogP contribution in [0, 0.1) is 13.8 Å². The van der Waals surface area contributed by atoms with Gasteiger partial charge in [-0.2, -0.15) is 0 Å². The smallest absolute Gasteiger partial charge is 0.126 e. The van der Waals surface area contributed by atoms with E-state index in [0.29, 0.717) is 12.5 Å². The lowest BCUT2D eigenvalue weighted by molar-refractivity contribution is 0.402. The summed E-state index contributed by atoms with van der Waals surface area (Å²) in [5, 5.41) is 0.809. The minimum Gasteiger partial charge on any atom is -0.496 e. The molecule has 0 aliphatic carbocycles. The standard InChI is InChI=1S/C13H20ClNO/c1-8(5-6-15)11-12(14)9(2)7-10(3)13(11)16-4/h7-8H,5-6,15H2,1-4H3. The molecule has 2 nitrogen and oxygen atoms in total. The first-order chi connectivity index (χ1) is 7.52. The lowest BCUT2D eigenvalue weighted by Gasteiger charge is -2.20. The molecule has 1 aromatic rings. The Kier molecular flexibility index (Phi) is 4.63. The third-order valence-electron chi connectivity index (χ3n) is 2.92. The SMILES string of the molecule is COc1c(C)cc(C)c(Cl)c1C(C)CCN. The molecule has 1 rings (SSSR count). The molecule has 0 saturated heterocycles. The van der Waals surface area contributed by atoms with Gasteiger partial charge in [-0.15, -0.1) is 0 Å². The average Bonchev–Trinajstić information content (AvgIpc) is 2.23. The molecule has 0 heterocycles. The highest BCUT2D eigenvalue weighted by Gasteiger charge is 2.18. The van der Waals surface area contributed by atoms with Crippen molar-refractivity contribution in [2.24, 2.45) is 5.73 Å². The van der Waals surface area contributed by atoms with E-state index in [4.69, 9.17) is 22.1 Å². The molecule has 0 amide bonds. The Morgan fingerprint density at radius 1 is 1.38 bits per heavy atom. The van der Waals surface area contributed by atoms with E-state index < -0.39 is 0 Å². The summed E-state index contributed by atoms with van der Waals surface area (Å²) in [6.45, 7) is 6.86. The van der Waals surface area contributed by atoms with E-state index in [2.05, 4.69) is 13.0 Å². The van der Waals surface area contributed by atoms with Crippen LogP contribution < -0.4 is 10.5 Å². The van der Waals surface area contributed by atoms with E-state index in [9.17, 15) is 0 Å². The number of hydrogen-bond donors (Lipinski definition) is 1. The highest BCUT2D eigenvalue weighted by Crippen LogP contribution is 2.39. The van der Waals surface area contributed by atoms with E-state index >= 15 is 0 Å². The van der Waals surface area contributed by atoms with Gasteiger partial charge in [0.05, 0.1) is 12.1 Å². The summed E-state index contributed by atoms with van der Waals surface area (Å²) in [7, 11) is 1.69. The lowest BCUT2D eigenvalue weighted by atomic mass is 9.93. The number of benzene rings is 1. The number of rotatable bonds is 4. The van der Waals surface area contributed by atoms with Crippen LogP contribution in [-0.2, 0) is 0 Å². The summed E-state index contributed by atoms with van der Waals surface area (Å²) in [5.41, 5.74) is 8.91. The average molecular weight is 242 g/mol. The molecule has 1 unspecified atom stereocenters. The van der Waals surface area contributed by atoms with E-state index in [1.54, 1.807) is 7.11 Å². The first kappa shape index (κ1) is 13.3. The monoisotopic (exact) mass is 241 g/mol. The Labute approximate surface area is 103 Å². The third-order valence-corrected chi connectivity index (χ3v) is 3.42. The zero-order valence-corrected chi connectivity index (χ0v) is 11.2. The molecule has 0 radical (unpaired) electrons. The molecule has 0 bridgehead atoms. The number of hydrogen-bond acceptors (Lipinski definition) is 2. The molecular weight excluding hydrogens is 222 g/mol. The number of halogens is 1. The molecule has 0 spiro atoms. The van der Waals surface area contributed by atoms with Crippen molar-refractivity contribution in [2.45, 2.75) is 33.1 Å². The van der Waals surface area contributed by atoms with Gasteiger partial charge in [0.1, 0.15) is 5.75 Å². The fourth-order valence-corrected chi connectivity index (χ4v) is 2.41. The topological polar surface area (TPSA) is 35.2 Å². The van der Waals surface area contributed by atoms with Crippen molar-refractivity contribution in [3.8, 4) is 5.75 Å². The Morgan fingerprint density at radius 3 is 2.50 bits per heavy atom. The first-order valence-electron chi connectivity index (χ1n) is 5.56. The van der Waals surface area contributed by atoms with Gasteiger partial charge < -0.3 is 10.5 Å². The predicted octanol–water partition coefficient (Wildman–Crippen LogP) is 3.42. The second-order valence-electron chi connectivity index (χ2n) is 4.25. The molecule has 1 atom stereocenters. The van der Waals surface area contributed by atoms with E-state index in [0.717, 1.165) is 33.9 Å². The van der Waals surface area contributed by atoms with E-state index in [1.165, 1.54) is 0 Å². The van der Waals surface area contributed by atoms with Crippen LogP contribution in [0.4, 0.5) is 0 Å². The van der Waals surface area contributed by atoms with Gasteiger partial charge in [0.2, 0.25) is 0 Å². The van der Waals surface area contributed by atoms with Crippen LogP contribution in [0.25, 0.3) is 0 Å². The number of aryl methyl sites for hydroxylation is 2. The molecule has 90 valence electrons. The second-order valence-corrected chi connectivity index (χ2v) is 4.63. The number of ether oxygens (including phenoxy) is 1. The van der Waals surface area contributed by atoms with Crippen LogP contribution in [0.15, 0.2) is 6.07 Å². The van der Waals surface area contributed by atoms with Gasteiger partial charge in [0.15, 0.2) is 0 Å². The van der Waals surface area contributed by atoms with Crippen molar-refractivity contribution in [3.05, 3.63) is 27.8 Å². The van der Waals surface area contributed by atoms with Crippen LogP contribution in [0.1, 0.15) is 36.0 Å². The lowest BCUT2D eigenvalue weighted by Crippen LogP contribution is -2.07. The molecule has 2 N–H and O–H groups in total. The predicted molar refractivity (Wildman–Crippen MR) is 69.6 cm³/mol. The fourth-order valence-electron chi connectivity index (χ4n) is 2.08. The molecule has 1 aromatic carbocycles. The Morgan fingerprint density at radius 2 is 2.00 bits per heavy atom. The van der Waals surface area contributed by atoms with Crippen molar-refractivity contribution in [1.29, 1.82) is 0 Å². The van der Waals surface area contributed by atoms with Gasteiger partial charge in [0, 0.05) is 5.56 Å². The summed E-state index contributed by atoms with van der Waals surface area (Å²) in [6.07, 6.45) is 0.916. The Balaban J connectivity index is 3.32. The highest BCUT2D eigenvalue weighted by atomic mass is 35.5. The molecule has 3 heteroatoms. The van der Waals surface area contributed by atoms with Gasteiger partial charge >= 0.3 is 0 Å². The Hall–Kier alpha value is -0.730. The summed E-state index contributed by atoms with van der Waals surface area (Å²) in [6, 6.07) is 2.06. The first-order valence-corrected chi connectivity index (χ1v) is 5.94. The zero-order valence-electron chi connectivity index (χ0n) is 10.4. The van der Waals surface area contributed by atoms with E-state index in [-0.39, 0.29) is 0 Å². The van der Waals surface area contributed by atoms with Gasteiger partial charge in [-0.05, 0) is 43.9 Å². The van der Waals surface area contributed by atoms with Gasteiger partial charge in [-0.25, -0.2) is 0 Å². The molecule has 0 aliphatic rings. The molecule has 0 aliphatic heterocycles. The minimum atomic E-state index is 0.325. The number of methoxy groups -OCH3 is 1. The maximum atomic E-state index is 6.36. The van der Waals surface area contributed by atoms with Crippen LogP contribution >= 0.6 is 11.6 Å². The molecule has 0 saturated carbocycles. The van der Waals surface area contributed by atoms with Gasteiger partial charge in [-0.3, -0.25) is 0 Å². The molecule has 16 heavy (non-hydrogen) atoms. The number of nitrogens with two attached hydrogens (primary N) is 1. The van der Waals surface area contributed by atoms with E-state index in [1.807, 2.05) is 13.8 Å². The van der Waals surface area contributed by atoms with Crippen molar-refractivity contribution >= 4 is 11.6 Å². The van der Waals surface area contributed by atoms with Crippen molar-refractivity contribution in [1.82, 2.24) is 0 Å². The van der Waals surface area contributed by atoms with Crippen LogP contribution in [-0.4, -0.2) is 13.7 Å². The van der Waals surface area contributed by atoms with Gasteiger partial charge in [0.25, 0.3) is 0 Å². The Bertz CT molecular complexity index is 377. The summed E-state index contributed by atoms with van der Waals surface area (Å²) >= 11 is 6.36. The van der Waals surface area contributed by atoms with Crippen LogP contribution in [0.2, 0.25) is 5.02 Å². The maximum absolute atomic E-state index is 6.36. The molecular formula is C13H20ClNO. The van der Waals surface area contributed by atoms with Gasteiger partial charge in [-0.1, -0.05) is 24.6 Å². The quantitative estimate of drug-likeness (QED) is 0.877. The largest absolute Gasteiger partial charge is 0.496 e. The maximum Gasteiger partial charge on any atom is 0.126 e. The van der Waals surface area contributed by atoms with Crippen molar-refractivity contribution in [3.63, 3.8) is 0 Å². The van der Waals surface area contributed by atoms with Crippen molar-refractivity contribution in [2.75, 3.05) is 13.7 Å². The fraction of sp³-hybridized carbons (Fsp3) is 0.538. The second kappa shape index (κ2) is 5.55. The zero-order chi connectivity index (χ0) is 12.3. The summed E-state index contributed by atoms with van der Waals surface area (Å²) < 4.78 is 5.45. The normalized spacial score (nSPS) is 12.6. The summed E-state index contributed by atoms with van der Waals surface area (Å²) in [5.74, 6) is 1.22. The van der Waals surface area contributed by atoms with Crippen LogP contribution in [0.3, 0.4) is 0 Å².